The molecule has 0 aliphatic carbocycles. The Hall–Kier alpha value is -2.47. The van der Waals surface area contributed by atoms with Gasteiger partial charge in [0.05, 0.1) is 0 Å². The first-order valence-electron chi connectivity index (χ1n) is 7.80. The summed E-state index contributed by atoms with van der Waals surface area (Å²) in [5.41, 5.74) is 1.76. The van der Waals surface area contributed by atoms with Crippen LogP contribution in [0.25, 0.3) is 11.1 Å². The largest absolute Gasteiger partial charge is 0.473 e. The highest BCUT2D eigenvalue weighted by molar-refractivity contribution is 5.92. The van der Waals surface area contributed by atoms with Crippen molar-refractivity contribution in [1.82, 2.24) is 15.5 Å². The number of ether oxygens (including phenoxy) is 1. The maximum absolute atomic E-state index is 11.4. The van der Waals surface area contributed by atoms with E-state index in [9.17, 15) is 4.79 Å². The molecule has 0 radical (unpaired) electrons. The van der Waals surface area contributed by atoms with Crippen molar-refractivity contribution < 1.29 is 9.53 Å². The number of amides is 1. The topological polar surface area (TPSA) is 76.1 Å². The molecule has 2 heterocycles. The predicted molar refractivity (Wildman–Crippen MR) is 88.3 cm³/mol. The van der Waals surface area contributed by atoms with Gasteiger partial charge in [0.15, 0.2) is 5.82 Å². The van der Waals surface area contributed by atoms with E-state index in [2.05, 4.69) is 20.8 Å². The first-order valence-corrected chi connectivity index (χ1v) is 7.80. The quantitative estimate of drug-likeness (QED) is 0.905. The fourth-order valence-electron chi connectivity index (χ4n) is 2.61. The second-order valence-electron chi connectivity index (χ2n) is 5.56. The first-order chi connectivity index (χ1) is 11.2. The van der Waals surface area contributed by atoms with Gasteiger partial charge in [0.25, 0.3) is 0 Å². The molecule has 2 N–H and O–H groups in total. The molecule has 6 nitrogen and oxygen atoms in total. The Morgan fingerprint density at radius 1 is 1.22 bits per heavy atom. The SMILES string of the molecule is CC(=O)Nc1nnc(OC2CCNCC2)cc1-c1ccccc1. The third-order valence-electron chi connectivity index (χ3n) is 3.72. The molecular weight excluding hydrogens is 292 g/mol. The van der Waals surface area contributed by atoms with Gasteiger partial charge in [0, 0.05) is 18.6 Å². The molecule has 1 aliphatic heterocycles. The highest BCUT2D eigenvalue weighted by Crippen LogP contribution is 2.29. The second-order valence-corrected chi connectivity index (χ2v) is 5.56. The minimum absolute atomic E-state index is 0.154. The predicted octanol–water partition coefficient (Wildman–Crippen LogP) is 2.23. The molecule has 0 bridgehead atoms. The highest BCUT2D eigenvalue weighted by atomic mass is 16.5. The van der Waals surface area contributed by atoms with Crippen molar-refractivity contribution in [2.24, 2.45) is 0 Å². The molecule has 1 aliphatic rings. The van der Waals surface area contributed by atoms with Gasteiger partial charge in [0.2, 0.25) is 11.8 Å². The molecule has 0 saturated carbocycles. The number of carbonyl (C=O) groups excluding carboxylic acids is 1. The van der Waals surface area contributed by atoms with Crippen LogP contribution in [0.3, 0.4) is 0 Å². The fourth-order valence-corrected chi connectivity index (χ4v) is 2.61. The Bertz CT molecular complexity index is 670. The minimum Gasteiger partial charge on any atom is -0.473 e. The number of nitrogens with one attached hydrogen (secondary N) is 2. The molecule has 1 aromatic heterocycles. The number of carbonyl (C=O) groups is 1. The van der Waals surface area contributed by atoms with Crippen molar-refractivity contribution in [3.05, 3.63) is 36.4 Å². The van der Waals surface area contributed by atoms with Crippen molar-refractivity contribution in [2.75, 3.05) is 18.4 Å². The summed E-state index contributed by atoms with van der Waals surface area (Å²) in [6.07, 6.45) is 2.06. The van der Waals surface area contributed by atoms with Crippen LogP contribution >= 0.6 is 0 Å². The van der Waals surface area contributed by atoms with E-state index >= 15 is 0 Å². The standard InChI is InChI=1S/C17H20N4O2/c1-12(22)19-17-15(13-5-3-2-4-6-13)11-16(20-21-17)23-14-7-9-18-10-8-14/h2-6,11,14,18H,7-10H2,1H3,(H,19,21,22). The Labute approximate surface area is 135 Å². The fraction of sp³-hybridized carbons (Fsp3) is 0.353. The van der Waals surface area contributed by atoms with Crippen LogP contribution in [0.5, 0.6) is 5.88 Å². The zero-order chi connectivity index (χ0) is 16.1. The highest BCUT2D eigenvalue weighted by Gasteiger charge is 2.17. The number of hydrogen-bond acceptors (Lipinski definition) is 5. The van der Waals surface area contributed by atoms with Gasteiger partial charge in [0.1, 0.15) is 6.10 Å². The van der Waals surface area contributed by atoms with Gasteiger partial charge in [-0.15, -0.1) is 10.2 Å². The van der Waals surface area contributed by atoms with Crippen LogP contribution in [0, 0.1) is 0 Å². The normalized spacial score (nSPS) is 15.2. The molecule has 2 aromatic rings. The molecule has 1 amide bonds. The zero-order valence-electron chi connectivity index (χ0n) is 13.1. The van der Waals surface area contributed by atoms with Crippen LogP contribution in [0.2, 0.25) is 0 Å². The van der Waals surface area contributed by atoms with E-state index in [1.54, 1.807) is 0 Å². The molecule has 0 spiro atoms. The van der Waals surface area contributed by atoms with Gasteiger partial charge in [-0.1, -0.05) is 30.3 Å². The molecule has 23 heavy (non-hydrogen) atoms. The second kappa shape index (κ2) is 7.19. The smallest absolute Gasteiger partial charge is 0.234 e. The Morgan fingerprint density at radius 3 is 2.65 bits per heavy atom. The number of anilines is 1. The number of benzene rings is 1. The van der Waals surface area contributed by atoms with Crippen LogP contribution in [-0.4, -0.2) is 35.3 Å². The van der Waals surface area contributed by atoms with Gasteiger partial charge in [-0.05, 0) is 31.5 Å². The van der Waals surface area contributed by atoms with E-state index in [1.165, 1.54) is 6.92 Å². The lowest BCUT2D eigenvalue weighted by molar-refractivity contribution is -0.114. The summed E-state index contributed by atoms with van der Waals surface area (Å²) in [5.74, 6) is 0.759. The van der Waals surface area contributed by atoms with Gasteiger partial charge in [-0.3, -0.25) is 4.79 Å². The van der Waals surface area contributed by atoms with E-state index in [-0.39, 0.29) is 12.0 Å². The molecule has 0 atom stereocenters. The molecule has 6 heteroatoms. The lowest BCUT2D eigenvalue weighted by atomic mass is 10.1. The van der Waals surface area contributed by atoms with Crippen molar-refractivity contribution in [1.29, 1.82) is 0 Å². The number of piperidine rings is 1. The van der Waals surface area contributed by atoms with Crippen molar-refractivity contribution in [2.45, 2.75) is 25.9 Å². The maximum Gasteiger partial charge on any atom is 0.234 e. The van der Waals surface area contributed by atoms with E-state index in [1.807, 2.05) is 36.4 Å². The number of nitrogens with zero attached hydrogens (tertiary/aromatic N) is 2. The molecular formula is C17H20N4O2. The third kappa shape index (κ3) is 4.04. The van der Waals surface area contributed by atoms with Crippen molar-refractivity contribution in [3.8, 4) is 17.0 Å². The van der Waals surface area contributed by atoms with Gasteiger partial charge in [-0.2, -0.15) is 0 Å². The minimum atomic E-state index is -0.177. The van der Waals surface area contributed by atoms with Crippen LogP contribution < -0.4 is 15.4 Å². The van der Waals surface area contributed by atoms with Gasteiger partial charge < -0.3 is 15.4 Å². The lowest BCUT2D eigenvalue weighted by Crippen LogP contribution is -2.34. The van der Waals surface area contributed by atoms with Crippen molar-refractivity contribution >= 4 is 11.7 Å². The number of rotatable bonds is 4. The first kappa shape index (κ1) is 15.4. The van der Waals surface area contributed by atoms with E-state index < -0.39 is 0 Å². The summed E-state index contributed by atoms with van der Waals surface area (Å²) in [6, 6.07) is 11.6. The van der Waals surface area contributed by atoms with Crippen LogP contribution in [0.15, 0.2) is 36.4 Å². The van der Waals surface area contributed by atoms with Crippen LogP contribution in [-0.2, 0) is 4.79 Å². The average Bonchev–Trinajstić information content (AvgIpc) is 2.57. The maximum atomic E-state index is 11.4. The number of aromatic nitrogens is 2. The summed E-state index contributed by atoms with van der Waals surface area (Å²) < 4.78 is 5.95. The average molecular weight is 312 g/mol. The van der Waals surface area contributed by atoms with E-state index in [0.29, 0.717) is 11.7 Å². The van der Waals surface area contributed by atoms with Crippen LogP contribution in [0.4, 0.5) is 5.82 Å². The molecule has 120 valence electrons. The number of hydrogen-bond donors (Lipinski definition) is 2. The zero-order valence-corrected chi connectivity index (χ0v) is 13.1. The molecule has 0 unspecified atom stereocenters. The summed E-state index contributed by atoms with van der Waals surface area (Å²) in [5, 5.41) is 14.3. The summed E-state index contributed by atoms with van der Waals surface area (Å²) in [4.78, 5) is 11.4. The van der Waals surface area contributed by atoms with Gasteiger partial charge in [-0.25, -0.2) is 0 Å². The Balaban J connectivity index is 1.89. The van der Waals surface area contributed by atoms with Crippen molar-refractivity contribution in [3.63, 3.8) is 0 Å². The van der Waals surface area contributed by atoms with E-state index in [0.717, 1.165) is 37.1 Å². The lowest BCUT2D eigenvalue weighted by Gasteiger charge is -2.23. The molecule has 3 rings (SSSR count). The molecule has 1 fully saturated rings. The van der Waals surface area contributed by atoms with Crippen LogP contribution in [0.1, 0.15) is 19.8 Å². The Morgan fingerprint density at radius 2 is 1.96 bits per heavy atom. The van der Waals surface area contributed by atoms with Gasteiger partial charge >= 0.3 is 0 Å². The summed E-state index contributed by atoms with van der Waals surface area (Å²) in [7, 11) is 0. The summed E-state index contributed by atoms with van der Waals surface area (Å²) >= 11 is 0. The molecule has 1 aromatic carbocycles. The summed E-state index contributed by atoms with van der Waals surface area (Å²) in [6.45, 7) is 3.36. The van der Waals surface area contributed by atoms with E-state index in [4.69, 9.17) is 4.74 Å². The monoisotopic (exact) mass is 312 g/mol. The Kier molecular flexibility index (Phi) is 4.83. The third-order valence-corrected chi connectivity index (χ3v) is 3.72. The molecule has 1 saturated heterocycles.